The molecule has 0 radical (unpaired) electrons. The topological polar surface area (TPSA) is 42.9 Å². The number of hydrogen-bond donors (Lipinski definition) is 0. The zero-order valence-electron chi connectivity index (χ0n) is 29.5. The average molecular weight is 700 g/mol. The van der Waals surface area contributed by atoms with Crippen molar-refractivity contribution in [1.29, 1.82) is 5.26 Å². The van der Waals surface area contributed by atoms with E-state index in [1.54, 1.807) is 0 Å². The molecule has 0 fully saturated rings. The SMILES string of the molecule is [C-]#[N+]c1ccc(-n2c3ccccc3c3ccccc32)c(-c2ccc(-n3c4ccccc4c4cc(-n5c6ccccc6c6cc(C#N)ccc65)ccc43)cc2)c1. The minimum Gasteiger partial charge on any atom is -0.309 e. The lowest BCUT2D eigenvalue weighted by molar-refractivity contribution is 1.16. The summed E-state index contributed by atoms with van der Waals surface area (Å²) in [5.74, 6) is 0. The third-order valence-corrected chi connectivity index (χ3v) is 11.1. The van der Waals surface area contributed by atoms with Gasteiger partial charge in [-0.3, -0.25) is 0 Å². The van der Waals surface area contributed by atoms with Gasteiger partial charge in [-0.15, -0.1) is 0 Å². The highest BCUT2D eigenvalue weighted by Crippen LogP contribution is 2.40. The fourth-order valence-corrected chi connectivity index (χ4v) is 8.69. The molecule has 11 aromatic rings. The molecular formula is C50H29N5. The maximum absolute atomic E-state index is 9.65. The lowest BCUT2D eigenvalue weighted by Crippen LogP contribution is -1.98. The summed E-state index contributed by atoms with van der Waals surface area (Å²) >= 11 is 0. The second kappa shape index (κ2) is 11.8. The van der Waals surface area contributed by atoms with Crippen molar-refractivity contribution in [2.24, 2.45) is 0 Å². The summed E-state index contributed by atoms with van der Waals surface area (Å²) < 4.78 is 6.97. The van der Waals surface area contributed by atoms with Gasteiger partial charge >= 0.3 is 0 Å². The minimum absolute atomic E-state index is 0.607. The van der Waals surface area contributed by atoms with Gasteiger partial charge in [-0.1, -0.05) is 91.0 Å². The van der Waals surface area contributed by atoms with Crippen molar-refractivity contribution in [2.75, 3.05) is 0 Å². The van der Waals surface area contributed by atoms with Crippen LogP contribution in [0.15, 0.2) is 176 Å². The standard InChI is InChI=1S/C50H29N5/c1-52-34-21-26-48(55-46-16-8-2-10-37(46)38-11-3-9-17-47(38)55)41(29-34)33-19-22-35(23-20-33)53-44-14-6-5-13-40(44)43-30-36(24-27-50(43)53)54-45-15-7-4-12-39(45)42-28-32(31-51)18-25-49(42)54/h2-30H. The molecule has 0 saturated heterocycles. The predicted molar refractivity (Wildman–Crippen MR) is 226 cm³/mol. The Hall–Kier alpha value is -7.86. The molecule has 0 saturated carbocycles. The summed E-state index contributed by atoms with van der Waals surface area (Å²) in [4.78, 5) is 3.82. The van der Waals surface area contributed by atoms with Crippen LogP contribution < -0.4 is 0 Å². The zero-order valence-corrected chi connectivity index (χ0v) is 29.5. The van der Waals surface area contributed by atoms with E-state index in [1.165, 1.54) is 16.2 Å². The van der Waals surface area contributed by atoms with Crippen molar-refractivity contribution in [3.05, 3.63) is 193 Å². The summed E-state index contributed by atoms with van der Waals surface area (Å²) in [5, 5.41) is 16.6. The van der Waals surface area contributed by atoms with Crippen molar-refractivity contribution in [3.8, 4) is 34.3 Å². The van der Waals surface area contributed by atoms with Crippen LogP contribution in [0.1, 0.15) is 5.56 Å². The Kier molecular flexibility index (Phi) is 6.61. The van der Waals surface area contributed by atoms with E-state index in [-0.39, 0.29) is 0 Å². The number of nitrogens with zero attached hydrogens (tertiary/aromatic N) is 5. The number of benzene rings is 8. The van der Waals surface area contributed by atoms with Gasteiger partial charge in [0.25, 0.3) is 0 Å². The number of fused-ring (bicyclic) bond motifs is 9. The Morgan fingerprint density at radius 1 is 0.418 bits per heavy atom. The summed E-state index contributed by atoms with van der Waals surface area (Å²) in [6.45, 7) is 7.85. The Balaban J connectivity index is 1.08. The van der Waals surface area contributed by atoms with Crippen molar-refractivity contribution >= 4 is 71.1 Å². The summed E-state index contributed by atoms with van der Waals surface area (Å²) in [6, 6.07) is 63.8. The van der Waals surface area contributed by atoms with Gasteiger partial charge in [0.05, 0.1) is 57.0 Å². The molecule has 55 heavy (non-hydrogen) atoms. The van der Waals surface area contributed by atoms with Gasteiger partial charge in [0.15, 0.2) is 5.69 Å². The van der Waals surface area contributed by atoms with Crippen LogP contribution >= 0.6 is 0 Å². The van der Waals surface area contributed by atoms with Crippen molar-refractivity contribution in [2.45, 2.75) is 0 Å². The van der Waals surface area contributed by atoms with E-state index in [1.807, 2.05) is 24.3 Å². The lowest BCUT2D eigenvalue weighted by atomic mass is 10.0. The first-order valence-corrected chi connectivity index (χ1v) is 18.3. The predicted octanol–water partition coefficient (Wildman–Crippen LogP) is 13.1. The number of hydrogen-bond acceptors (Lipinski definition) is 1. The Morgan fingerprint density at radius 2 is 0.891 bits per heavy atom. The minimum atomic E-state index is 0.607. The van der Waals surface area contributed by atoms with Gasteiger partial charge < -0.3 is 13.7 Å². The highest BCUT2D eigenvalue weighted by Gasteiger charge is 2.19. The highest BCUT2D eigenvalue weighted by atomic mass is 15.0. The molecule has 3 aromatic heterocycles. The Labute approximate surface area is 316 Å². The van der Waals surface area contributed by atoms with Crippen molar-refractivity contribution in [1.82, 2.24) is 13.7 Å². The van der Waals surface area contributed by atoms with Crippen LogP contribution in [-0.4, -0.2) is 13.7 Å². The van der Waals surface area contributed by atoms with Gasteiger partial charge in [0, 0.05) is 43.7 Å². The number of rotatable bonds is 4. The molecular weight excluding hydrogens is 671 g/mol. The van der Waals surface area contributed by atoms with Gasteiger partial charge in [0.2, 0.25) is 0 Å². The highest BCUT2D eigenvalue weighted by molar-refractivity contribution is 6.13. The van der Waals surface area contributed by atoms with Crippen LogP contribution in [0.5, 0.6) is 0 Å². The van der Waals surface area contributed by atoms with Crippen LogP contribution in [0.3, 0.4) is 0 Å². The smallest absolute Gasteiger partial charge is 0.188 e. The van der Waals surface area contributed by atoms with Gasteiger partial charge in [0.1, 0.15) is 0 Å². The van der Waals surface area contributed by atoms with E-state index in [0.29, 0.717) is 11.3 Å². The third-order valence-electron chi connectivity index (χ3n) is 11.1. The molecule has 0 amide bonds. The maximum Gasteiger partial charge on any atom is 0.188 e. The van der Waals surface area contributed by atoms with E-state index in [4.69, 9.17) is 6.57 Å². The van der Waals surface area contributed by atoms with Crippen LogP contribution in [0.25, 0.3) is 98.5 Å². The molecule has 5 heteroatoms. The van der Waals surface area contributed by atoms with E-state index < -0.39 is 0 Å². The molecule has 0 unspecified atom stereocenters. The number of aromatic nitrogens is 3. The maximum atomic E-state index is 9.65. The van der Waals surface area contributed by atoms with E-state index in [2.05, 4.69) is 176 Å². The largest absolute Gasteiger partial charge is 0.309 e. The molecule has 0 spiro atoms. The molecule has 0 atom stereocenters. The first kappa shape index (κ1) is 30.7. The van der Waals surface area contributed by atoms with Gasteiger partial charge in [-0.05, 0) is 96.1 Å². The molecule has 0 N–H and O–H groups in total. The van der Waals surface area contributed by atoms with E-state index >= 15 is 0 Å². The molecule has 254 valence electrons. The normalized spacial score (nSPS) is 11.6. The van der Waals surface area contributed by atoms with Crippen molar-refractivity contribution in [3.63, 3.8) is 0 Å². The van der Waals surface area contributed by atoms with Gasteiger partial charge in [-0.2, -0.15) is 5.26 Å². The summed E-state index contributed by atoms with van der Waals surface area (Å²) in [6.07, 6.45) is 0. The molecule has 0 bridgehead atoms. The molecule has 0 aliphatic heterocycles. The van der Waals surface area contributed by atoms with Crippen LogP contribution in [0, 0.1) is 17.9 Å². The first-order valence-electron chi connectivity index (χ1n) is 18.3. The third kappa shape index (κ3) is 4.51. The van der Waals surface area contributed by atoms with Crippen LogP contribution in [0.4, 0.5) is 5.69 Å². The first-order chi connectivity index (χ1) is 27.2. The lowest BCUT2D eigenvalue weighted by Gasteiger charge is -2.16. The monoisotopic (exact) mass is 699 g/mol. The van der Waals surface area contributed by atoms with E-state index in [9.17, 15) is 5.26 Å². The summed E-state index contributed by atoms with van der Waals surface area (Å²) in [5.41, 5.74) is 13.2. The molecule has 11 rings (SSSR count). The fourth-order valence-electron chi connectivity index (χ4n) is 8.69. The van der Waals surface area contributed by atoms with Crippen LogP contribution in [0.2, 0.25) is 0 Å². The second-order valence-corrected chi connectivity index (χ2v) is 14.0. The molecule has 0 aliphatic rings. The van der Waals surface area contributed by atoms with E-state index in [0.717, 1.165) is 77.4 Å². The Morgan fingerprint density at radius 3 is 1.47 bits per heavy atom. The molecule has 0 aliphatic carbocycles. The molecule has 8 aromatic carbocycles. The molecule has 5 nitrogen and oxygen atoms in total. The van der Waals surface area contributed by atoms with Gasteiger partial charge in [-0.25, -0.2) is 4.85 Å². The fraction of sp³-hybridized carbons (Fsp3) is 0. The Bertz CT molecular complexity index is 3400. The van der Waals surface area contributed by atoms with Crippen LogP contribution in [-0.2, 0) is 0 Å². The number of nitriles is 1. The second-order valence-electron chi connectivity index (χ2n) is 14.0. The average Bonchev–Trinajstić information content (AvgIpc) is 3.89. The zero-order chi connectivity index (χ0) is 36.6. The quantitative estimate of drug-likeness (QED) is 0.169. The molecule has 3 heterocycles. The summed E-state index contributed by atoms with van der Waals surface area (Å²) in [7, 11) is 0. The number of para-hydroxylation sites is 4. The van der Waals surface area contributed by atoms with Crippen molar-refractivity contribution < 1.29 is 0 Å².